The molecule has 1 heterocycles. The van der Waals surface area contributed by atoms with Crippen LogP contribution >= 0.6 is 0 Å². The average Bonchev–Trinajstić information content (AvgIpc) is 2.12. The monoisotopic (exact) mass is 237 g/mol. The van der Waals surface area contributed by atoms with Crippen molar-refractivity contribution in [3.8, 4) is 6.01 Å². The van der Waals surface area contributed by atoms with Gasteiger partial charge in [-0.1, -0.05) is 0 Å². The van der Waals surface area contributed by atoms with Gasteiger partial charge in [0.05, 0.1) is 6.10 Å². The lowest BCUT2D eigenvalue weighted by Gasteiger charge is -2.34. The molecule has 0 amide bonds. The lowest BCUT2D eigenvalue weighted by molar-refractivity contribution is 0.222. The zero-order valence-electron chi connectivity index (χ0n) is 10.6. The summed E-state index contributed by atoms with van der Waals surface area (Å²) in [5.74, 6) is 0.801. The molecule has 2 N–H and O–H groups in total. The number of nitrogens with two attached hydrogens (primary N) is 1. The van der Waals surface area contributed by atoms with Crippen LogP contribution in [0.2, 0.25) is 0 Å². The lowest BCUT2D eigenvalue weighted by atomic mass is 9.92. The number of nitrogen functional groups attached to an aromatic ring is 1. The highest BCUT2D eigenvalue weighted by atomic mass is 16.5. The standard InChI is InChI=1S/C11H19N5O/c1-7(2)17-11-14-9(12)13-10(15-11)16(3)8-5-4-6-8/h7-8H,4-6H2,1-3H3,(H2,12,13,14,15). The quantitative estimate of drug-likeness (QED) is 0.848. The van der Waals surface area contributed by atoms with Gasteiger partial charge in [-0.2, -0.15) is 15.0 Å². The Hall–Kier alpha value is -1.59. The lowest BCUT2D eigenvalue weighted by Crippen LogP contribution is -2.38. The van der Waals surface area contributed by atoms with E-state index in [9.17, 15) is 0 Å². The minimum absolute atomic E-state index is 0.0265. The molecule has 0 radical (unpaired) electrons. The molecule has 1 aromatic heterocycles. The maximum absolute atomic E-state index is 5.66. The summed E-state index contributed by atoms with van der Waals surface area (Å²) >= 11 is 0. The summed E-state index contributed by atoms with van der Waals surface area (Å²) < 4.78 is 5.45. The normalized spacial score (nSPS) is 15.8. The Bertz CT molecular complexity index is 391. The van der Waals surface area contributed by atoms with Gasteiger partial charge in [0.2, 0.25) is 11.9 Å². The molecule has 6 heteroatoms. The number of ether oxygens (including phenoxy) is 1. The fourth-order valence-corrected chi connectivity index (χ4v) is 1.72. The highest BCUT2D eigenvalue weighted by Crippen LogP contribution is 2.27. The van der Waals surface area contributed by atoms with Gasteiger partial charge >= 0.3 is 6.01 Å². The topological polar surface area (TPSA) is 77.2 Å². The number of aromatic nitrogens is 3. The first kappa shape index (κ1) is 11.9. The largest absolute Gasteiger partial charge is 0.461 e. The van der Waals surface area contributed by atoms with Gasteiger partial charge in [0.15, 0.2) is 0 Å². The fourth-order valence-electron chi connectivity index (χ4n) is 1.72. The van der Waals surface area contributed by atoms with Crippen molar-refractivity contribution in [2.24, 2.45) is 0 Å². The van der Waals surface area contributed by atoms with Gasteiger partial charge in [-0.25, -0.2) is 0 Å². The smallest absolute Gasteiger partial charge is 0.323 e. The number of rotatable bonds is 4. The predicted octanol–water partition coefficient (Wildman–Crippen LogP) is 1.23. The van der Waals surface area contributed by atoms with Crippen LogP contribution in [0.15, 0.2) is 0 Å². The highest BCUT2D eigenvalue weighted by Gasteiger charge is 2.24. The Morgan fingerprint density at radius 1 is 1.29 bits per heavy atom. The van der Waals surface area contributed by atoms with E-state index in [1.807, 2.05) is 20.9 Å². The Labute approximate surface area is 101 Å². The van der Waals surface area contributed by atoms with E-state index in [2.05, 4.69) is 19.9 Å². The van der Waals surface area contributed by atoms with Gasteiger partial charge in [-0.3, -0.25) is 0 Å². The van der Waals surface area contributed by atoms with Gasteiger partial charge in [-0.15, -0.1) is 0 Å². The van der Waals surface area contributed by atoms with Crippen LogP contribution in [0.4, 0.5) is 11.9 Å². The molecule has 0 bridgehead atoms. The number of anilines is 2. The van der Waals surface area contributed by atoms with Crippen molar-refractivity contribution < 1.29 is 4.74 Å². The maximum atomic E-state index is 5.66. The van der Waals surface area contributed by atoms with Crippen molar-refractivity contribution in [3.05, 3.63) is 0 Å². The van der Waals surface area contributed by atoms with E-state index in [-0.39, 0.29) is 12.1 Å². The molecule has 0 saturated heterocycles. The molecule has 17 heavy (non-hydrogen) atoms. The molecule has 0 atom stereocenters. The molecule has 1 aliphatic rings. The predicted molar refractivity (Wildman–Crippen MR) is 66.0 cm³/mol. The van der Waals surface area contributed by atoms with Gasteiger partial charge in [0.1, 0.15) is 0 Å². The molecule has 6 nitrogen and oxygen atoms in total. The Balaban J connectivity index is 2.18. The third-order valence-corrected chi connectivity index (χ3v) is 2.90. The molecule has 2 rings (SSSR count). The van der Waals surface area contributed by atoms with Crippen molar-refractivity contribution in [1.29, 1.82) is 0 Å². The van der Waals surface area contributed by atoms with Crippen molar-refractivity contribution >= 4 is 11.9 Å². The average molecular weight is 237 g/mol. The summed E-state index contributed by atoms with van der Waals surface area (Å²) in [6.45, 7) is 3.85. The van der Waals surface area contributed by atoms with Crippen LogP contribution in [0.1, 0.15) is 33.1 Å². The van der Waals surface area contributed by atoms with E-state index in [0.29, 0.717) is 18.0 Å². The van der Waals surface area contributed by atoms with Crippen molar-refractivity contribution in [1.82, 2.24) is 15.0 Å². The molecule has 1 fully saturated rings. The minimum atomic E-state index is 0.0265. The molecule has 1 aliphatic carbocycles. The third-order valence-electron chi connectivity index (χ3n) is 2.90. The zero-order valence-corrected chi connectivity index (χ0v) is 10.6. The summed E-state index contributed by atoms with van der Waals surface area (Å²) in [6, 6.07) is 0.817. The van der Waals surface area contributed by atoms with Crippen LogP contribution < -0.4 is 15.4 Å². The van der Waals surface area contributed by atoms with E-state index in [4.69, 9.17) is 10.5 Å². The van der Waals surface area contributed by atoms with Crippen LogP contribution in [-0.4, -0.2) is 34.1 Å². The Morgan fingerprint density at radius 3 is 2.53 bits per heavy atom. The molecular formula is C11H19N5O. The van der Waals surface area contributed by atoms with Crippen LogP contribution in [0.3, 0.4) is 0 Å². The molecule has 94 valence electrons. The highest BCUT2D eigenvalue weighted by molar-refractivity contribution is 5.36. The van der Waals surface area contributed by atoms with E-state index in [1.165, 1.54) is 19.3 Å². The third kappa shape index (κ3) is 2.75. The van der Waals surface area contributed by atoms with Gasteiger partial charge in [-0.05, 0) is 33.1 Å². The summed E-state index contributed by atoms with van der Waals surface area (Å²) in [5.41, 5.74) is 5.66. The van der Waals surface area contributed by atoms with Crippen molar-refractivity contribution in [3.63, 3.8) is 0 Å². The second-order valence-electron chi connectivity index (χ2n) is 4.64. The van der Waals surface area contributed by atoms with Gasteiger partial charge in [0, 0.05) is 13.1 Å². The molecule has 1 aromatic rings. The van der Waals surface area contributed by atoms with E-state index in [1.54, 1.807) is 0 Å². The first-order valence-electron chi connectivity index (χ1n) is 5.97. The molecule has 0 unspecified atom stereocenters. The molecular weight excluding hydrogens is 218 g/mol. The molecule has 0 spiro atoms. The van der Waals surface area contributed by atoms with Gasteiger partial charge in [0.25, 0.3) is 0 Å². The van der Waals surface area contributed by atoms with E-state index >= 15 is 0 Å². The summed E-state index contributed by atoms with van der Waals surface area (Å²) in [5, 5.41) is 0. The summed E-state index contributed by atoms with van der Waals surface area (Å²) in [4.78, 5) is 14.4. The second-order valence-corrected chi connectivity index (χ2v) is 4.64. The molecule has 0 aliphatic heterocycles. The fraction of sp³-hybridized carbons (Fsp3) is 0.727. The first-order chi connectivity index (χ1) is 8.06. The maximum Gasteiger partial charge on any atom is 0.323 e. The van der Waals surface area contributed by atoms with Crippen LogP contribution in [0, 0.1) is 0 Å². The second kappa shape index (κ2) is 4.73. The van der Waals surface area contributed by atoms with Crippen molar-refractivity contribution in [2.45, 2.75) is 45.3 Å². The minimum Gasteiger partial charge on any atom is -0.461 e. The van der Waals surface area contributed by atoms with Gasteiger partial charge < -0.3 is 15.4 Å². The van der Waals surface area contributed by atoms with Crippen LogP contribution in [0.5, 0.6) is 6.01 Å². The SMILES string of the molecule is CC(C)Oc1nc(N)nc(N(C)C2CCC2)n1. The Morgan fingerprint density at radius 2 is 2.00 bits per heavy atom. The van der Waals surface area contributed by atoms with Crippen LogP contribution in [-0.2, 0) is 0 Å². The summed E-state index contributed by atoms with van der Waals surface area (Å²) in [7, 11) is 1.98. The first-order valence-corrected chi connectivity index (χ1v) is 5.97. The van der Waals surface area contributed by atoms with E-state index < -0.39 is 0 Å². The number of hydrogen-bond donors (Lipinski definition) is 1. The van der Waals surface area contributed by atoms with Crippen molar-refractivity contribution in [2.75, 3.05) is 17.7 Å². The number of hydrogen-bond acceptors (Lipinski definition) is 6. The van der Waals surface area contributed by atoms with Crippen LogP contribution in [0.25, 0.3) is 0 Å². The molecule has 1 saturated carbocycles. The Kier molecular flexibility index (Phi) is 3.31. The number of nitrogens with zero attached hydrogens (tertiary/aromatic N) is 4. The molecule has 0 aromatic carbocycles. The summed E-state index contributed by atoms with van der Waals surface area (Å²) in [6.07, 6.45) is 3.66. The van der Waals surface area contributed by atoms with E-state index in [0.717, 1.165) is 0 Å². The zero-order chi connectivity index (χ0) is 12.4.